The van der Waals surface area contributed by atoms with Crippen molar-refractivity contribution in [2.24, 2.45) is 5.92 Å². The van der Waals surface area contributed by atoms with Crippen LogP contribution in [0.4, 0.5) is 5.69 Å². The maximum atomic E-state index is 12.7. The summed E-state index contributed by atoms with van der Waals surface area (Å²) in [6, 6.07) is 26.2. The number of fused-ring (bicyclic) bond motifs is 1. The van der Waals surface area contributed by atoms with Crippen molar-refractivity contribution < 1.29 is 9.90 Å². The molecule has 1 aliphatic heterocycles. The molecule has 4 heteroatoms. The number of hydrogen-bond donors (Lipinski definition) is 2. The minimum Gasteiger partial charge on any atom is -0.388 e. The molecular formula is C30H34N2O2. The van der Waals surface area contributed by atoms with Gasteiger partial charge in [0.1, 0.15) is 0 Å². The predicted molar refractivity (Wildman–Crippen MR) is 137 cm³/mol. The first kappa shape index (κ1) is 22.8. The van der Waals surface area contributed by atoms with Crippen molar-refractivity contribution in [2.75, 3.05) is 25.0 Å². The van der Waals surface area contributed by atoms with Crippen molar-refractivity contribution in [3.8, 4) is 0 Å². The first-order chi connectivity index (χ1) is 16.7. The van der Waals surface area contributed by atoms with Gasteiger partial charge in [-0.3, -0.25) is 4.79 Å². The number of carbonyl (C=O) groups is 1. The highest BCUT2D eigenvalue weighted by Crippen LogP contribution is 2.37. The molecule has 3 aromatic rings. The third-order valence-electron chi connectivity index (χ3n) is 7.66. The third kappa shape index (κ3) is 5.24. The molecule has 2 atom stereocenters. The number of hydrogen-bond acceptors (Lipinski definition) is 3. The lowest BCUT2D eigenvalue weighted by Crippen LogP contribution is -2.35. The van der Waals surface area contributed by atoms with Crippen LogP contribution >= 0.6 is 0 Å². The molecule has 0 saturated carbocycles. The van der Waals surface area contributed by atoms with Crippen LogP contribution in [0.1, 0.15) is 64.8 Å². The van der Waals surface area contributed by atoms with E-state index in [9.17, 15) is 9.90 Å². The van der Waals surface area contributed by atoms with Gasteiger partial charge < -0.3 is 15.3 Å². The highest BCUT2D eigenvalue weighted by atomic mass is 16.3. The van der Waals surface area contributed by atoms with Gasteiger partial charge in [-0.1, -0.05) is 54.6 Å². The molecule has 0 spiro atoms. The van der Waals surface area contributed by atoms with Crippen LogP contribution in [0, 0.1) is 5.92 Å². The van der Waals surface area contributed by atoms with Crippen LogP contribution in [-0.4, -0.2) is 35.5 Å². The third-order valence-corrected chi connectivity index (χ3v) is 7.66. The number of benzene rings is 3. The Bertz CT molecular complexity index is 1090. The van der Waals surface area contributed by atoms with Gasteiger partial charge in [-0.2, -0.15) is 0 Å². The Morgan fingerprint density at radius 3 is 2.35 bits per heavy atom. The van der Waals surface area contributed by atoms with Crippen LogP contribution in [-0.2, 0) is 6.42 Å². The van der Waals surface area contributed by atoms with Gasteiger partial charge in [0.05, 0.1) is 6.10 Å². The Morgan fingerprint density at radius 1 is 0.912 bits per heavy atom. The molecule has 1 fully saturated rings. The SMILES string of the molecule is O=C(Nc1ccccc1)c1ccc2c(c1)CCC(CCN1CCC(c3ccccc3)CC1)[C@H]2O. The maximum Gasteiger partial charge on any atom is 0.255 e. The molecule has 176 valence electrons. The number of para-hydroxylation sites is 1. The average Bonchev–Trinajstić information content (AvgIpc) is 2.89. The van der Waals surface area contributed by atoms with E-state index in [0.29, 0.717) is 11.5 Å². The Balaban J connectivity index is 1.14. The van der Waals surface area contributed by atoms with Crippen LogP contribution in [0.25, 0.3) is 0 Å². The monoisotopic (exact) mass is 454 g/mol. The number of piperidine rings is 1. The second-order valence-electron chi connectivity index (χ2n) is 9.79. The molecule has 0 radical (unpaired) electrons. The predicted octanol–water partition coefficient (Wildman–Crippen LogP) is 5.80. The summed E-state index contributed by atoms with van der Waals surface area (Å²) in [6.07, 6.45) is 4.89. The van der Waals surface area contributed by atoms with E-state index < -0.39 is 6.10 Å². The summed E-state index contributed by atoms with van der Waals surface area (Å²) in [5.41, 5.74) is 5.01. The van der Waals surface area contributed by atoms with Crippen molar-refractivity contribution in [3.63, 3.8) is 0 Å². The minimum atomic E-state index is -0.447. The summed E-state index contributed by atoms with van der Waals surface area (Å²) in [4.78, 5) is 15.2. The number of anilines is 1. The van der Waals surface area contributed by atoms with Crippen molar-refractivity contribution >= 4 is 11.6 Å². The van der Waals surface area contributed by atoms with E-state index in [-0.39, 0.29) is 11.8 Å². The maximum absolute atomic E-state index is 12.7. The normalized spacial score (nSPS) is 21.1. The Morgan fingerprint density at radius 2 is 1.62 bits per heavy atom. The fraction of sp³-hybridized carbons (Fsp3) is 0.367. The molecule has 5 rings (SSSR count). The number of aryl methyl sites for hydroxylation is 1. The number of rotatable bonds is 6. The van der Waals surface area contributed by atoms with Gasteiger partial charge in [0.2, 0.25) is 0 Å². The summed E-state index contributed by atoms with van der Waals surface area (Å²) < 4.78 is 0. The molecule has 2 N–H and O–H groups in total. The summed E-state index contributed by atoms with van der Waals surface area (Å²) in [5, 5.41) is 14.0. The van der Waals surface area contributed by atoms with Crippen LogP contribution < -0.4 is 5.32 Å². The van der Waals surface area contributed by atoms with E-state index in [1.165, 1.54) is 18.4 Å². The fourth-order valence-corrected chi connectivity index (χ4v) is 5.60. The van der Waals surface area contributed by atoms with Crippen molar-refractivity contribution in [1.29, 1.82) is 0 Å². The number of likely N-dealkylation sites (tertiary alicyclic amines) is 1. The number of aliphatic hydroxyl groups is 1. The van der Waals surface area contributed by atoms with Gasteiger partial charge in [0.15, 0.2) is 0 Å². The molecule has 1 aliphatic carbocycles. The van der Waals surface area contributed by atoms with Gasteiger partial charge in [-0.15, -0.1) is 0 Å². The Hall–Kier alpha value is -2.95. The van der Waals surface area contributed by atoms with Crippen molar-refractivity contribution in [2.45, 2.75) is 44.1 Å². The summed E-state index contributed by atoms with van der Waals surface area (Å²) in [7, 11) is 0. The number of aliphatic hydroxyl groups excluding tert-OH is 1. The number of carbonyl (C=O) groups excluding carboxylic acids is 1. The Kier molecular flexibility index (Phi) is 7.08. The van der Waals surface area contributed by atoms with Gasteiger partial charge in [0.25, 0.3) is 5.91 Å². The molecule has 1 saturated heterocycles. The average molecular weight is 455 g/mol. The van der Waals surface area contributed by atoms with Gasteiger partial charge in [0, 0.05) is 11.3 Å². The van der Waals surface area contributed by atoms with Crippen LogP contribution in [0.2, 0.25) is 0 Å². The lowest BCUT2D eigenvalue weighted by molar-refractivity contribution is 0.0771. The van der Waals surface area contributed by atoms with E-state index >= 15 is 0 Å². The van der Waals surface area contributed by atoms with E-state index in [4.69, 9.17) is 0 Å². The second kappa shape index (κ2) is 10.5. The lowest BCUT2D eigenvalue weighted by Gasteiger charge is -2.35. The van der Waals surface area contributed by atoms with Crippen molar-refractivity contribution in [3.05, 3.63) is 101 Å². The summed E-state index contributed by atoms with van der Waals surface area (Å²) >= 11 is 0. The molecule has 1 amide bonds. The zero-order chi connectivity index (χ0) is 23.3. The topological polar surface area (TPSA) is 52.6 Å². The lowest BCUT2D eigenvalue weighted by atomic mass is 9.79. The van der Waals surface area contributed by atoms with Crippen LogP contribution in [0.15, 0.2) is 78.9 Å². The largest absolute Gasteiger partial charge is 0.388 e. The molecule has 34 heavy (non-hydrogen) atoms. The first-order valence-corrected chi connectivity index (χ1v) is 12.6. The summed E-state index contributed by atoms with van der Waals surface area (Å²) in [6.45, 7) is 3.33. The highest BCUT2D eigenvalue weighted by molar-refractivity contribution is 6.04. The van der Waals surface area contributed by atoms with Gasteiger partial charge in [-0.05, 0) is 105 Å². The standard InChI is InChI=1S/C30H34N2O2/c33-29-24(17-20-32-18-15-23(16-19-32)22-7-3-1-4-8-22)11-12-25-21-26(13-14-28(25)29)30(34)31-27-9-5-2-6-10-27/h1-10,13-14,21,23-24,29,33H,11-12,15-20H2,(H,31,34)/t24?,29-/m1/s1. The highest BCUT2D eigenvalue weighted by Gasteiger charge is 2.29. The first-order valence-electron chi connectivity index (χ1n) is 12.6. The molecule has 1 heterocycles. The molecule has 2 aliphatic rings. The number of amides is 1. The fourth-order valence-electron chi connectivity index (χ4n) is 5.60. The number of nitrogens with one attached hydrogen (secondary N) is 1. The molecule has 0 bridgehead atoms. The molecule has 4 nitrogen and oxygen atoms in total. The van der Waals surface area contributed by atoms with E-state index in [1.54, 1.807) is 0 Å². The van der Waals surface area contributed by atoms with Crippen LogP contribution in [0.5, 0.6) is 0 Å². The smallest absolute Gasteiger partial charge is 0.255 e. The molecule has 3 aromatic carbocycles. The zero-order valence-corrected chi connectivity index (χ0v) is 19.7. The Labute approximate surface area is 202 Å². The van der Waals surface area contributed by atoms with Gasteiger partial charge >= 0.3 is 0 Å². The quantitative estimate of drug-likeness (QED) is 0.495. The minimum absolute atomic E-state index is 0.107. The second-order valence-corrected chi connectivity index (χ2v) is 9.79. The molecular weight excluding hydrogens is 420 g/mol. The van der Waals surface area contributed by atoms with E-state index in [2.05, 4.69) is 40.5 Å². The number of nitrogens with zero attached hydrogens (tertiary/aromatic N) is 1. The molecule has 0 aromatic heterocycles. The zero-order valence-electron chi connectivity index (χ0n) is 19.7. The molecule has 1 unspecified atom stereocenters. The van der Waals surface area contributed by atoms with E-state index in [1.807, 2.05) is 48.5 Å². The van der Waals surface area contributed by atoms with Crippen molar-refractivity contribution in [1.82, 2.24) is 4.90 Å². The van der Waals surface area contributed by atoms with E-state index in [0.717, 1.165) is 55.7 Å². The van der Waals surface area contributed by atoms with Crippen LogP contribution in [0.3, 0.4) is 0 Å². The summed E-state index contributed by atoms with van der Waals surface area (Å²) in [5.74, 6) is 0.853. The van der Waals surface area contributed by atoms with Gasteiger partial charge in [-0.25, -0.2) is 0 Å².